The standard InChI is InChI=1S/C15H24N2O4S2/c1-4-9-22-11-15(18)16-13-5-7-14(8-6-13)23(19,20)17-12(2)10-21-3/h5-8,12,17H,4,9-11H2,1-3H3,(H,16,18). The smallest absolute Gasteiger partial charge is 0.240 e. The van der Waals surface area contributed by atoms with Crippen LogP contribution >= 0.6 is 11.8 Å². The summed E-state index contributed by atoms with van der Waals surface area (Å²) in [6.07, 6.45) is 1.03. The molecule has 1 aromatic rings. The Labute approximate surface area is 142 Å². The van der Waals surface area contributed by atoms with Crippen molar-refractivity contribution < 1.29 is 17.9 Å². The van der Waals surface area contributed by atoms with Crippen molar-refractivity contribution in [3.8, 4) is 0 Å². The van der Waals surface area contributed by atoms with Crippen LogP contribution in [0.25, 0.3) is 0 Å². The second kappa shape index (κ2) is 9.92. The van der Waals surface area contributed by atoms with Gasteiger partial charge < -0.3 is 10.1 Å². The minimum atomic E-state index is -3.59. The van der Waals surface area contributed by atoms with Crippen molar-refractivity contribution in [1.29, 1.82) is 0 Å². The van der Waals surface area contributed by atoms with Crippen LogP contribution in [0.1, 0.15) is 20.3 Å². The average molecular weight is 361 g/mol. The lowest BCUT2D eigenvalue weighted by atomic mass is 10.3. The van der Waals surface area contributed by atoms with Crippen molar-refractivity contribution in [3.63, 3.8) is 0 Å². The van der Waals surface area contributed by atoms with Gasteiger partial charge in [0, 0.05) is 18.8 Å². The molecule has 1 aromatic carbocycles. The number of amides is 1. The van der Waals surface area contributed by atoms with Gasteiger partial charge in [-0.3, -0.25) is 4.79 Å². The Hall–Kier alpha value is -1.09. The third-order valence-corrected chi connectivity index (χ3v) is 5.57. The molecular formula is C15H24N2O4S2. The molecule has 0 radical (unpaired) electrons. The van der Waals surface area contributed by atoms with Crippen LogP contribution in [0.5, 0.6) is 0 Å². The Morgan fingerprint density at radius 3 is 2.52 bits per heavy atom. The summed E-state index contributed by atoms with van der Waals surface area (Å²) >= 11 is 1.57. The van der Waals surface area contributed by atoms with E-state index in [-0.39, 0.29) is 16.8 Å². The van der Waals surface area contributed by atoms with Crippen LogP contribution in [-0.2, 0) is 19.6 Å². The van der Waals surface area contributed by atoms with E-state index in [4.69, 9.17) is 4.74 Å². The van der Waals surface area contributed by atoms with Gasteiger partial charge in [-0.15, -0.1) is 0 Å². The van der Waals surface area contributed by atoms with Gasteiger partial charge in [0.15, 0.2) is 0 Å². The minimum absolute atomic E-state index is 0.0918. The molecular weight excluding hydrogens is 336 g/mol. The Bertz CT molecular complexity index is 588. The molecule has 0 bridgehead atoms. The van der Waals surface area contributed by atoms with Crippen LogP contribution in [-0.4, -0.2) is 45.6 Å². The van der Waals surface area contributed by atoms with Crippen LogP contribution in [0.3, 0.4) is 0 Å². The van der Waals surface area contributed by atoms with E-state index in [1.165, 1.54) is 19.2 Å². The fourth-order valence-corrected chi connectivity index (χ4v) is 3.76. The van der Waals surface area contributed by atoms with E-state index in [1.54, 1.807) is 30.8 Å². The molecule has 0 heterocycles. The van der Waals surface area contributed by atoms with Crippen LogP contribution in [0.2, 0.25) is 0 Å². The summed E-state index contributed by atoms with van der Waals surface area (Å²) in [6, 6.07) is 5.78. The van der Waals surface area contributed by atoms with Crippen LogP contribution in [0, 0.1) is 0 Å². The minimum Gasteiger partial charge on any atom is -0.383 e. The summed E-state index contributed by atoms with van der Waals surface area (Å²) in [5.41, 5.74) is 0.580. The Balaban J connectivity index is 2.63. The zero-order chi connectivity index (χ0) is 17.3. The Morgan fingerprint density at radius 1 is 1.30 bits per heavy atom. The highest BCUT2D eigenvalue weighted by atomic mass is 32.2. The number of benzene rings is 1. The van der Waals surface area contributed by atoms with Crippen molar-refractivity contribution in [1.82, 2.24) is 4.72 Å². The summed E-state index contributed by atoms with van der Waals surface area (Å²) in [4.78, 5) is 11.9. The highest BCUT2D eigenvalue weighted by Crippen LogP contribution is 2.15. The van der Waals surface area contributed by atoms with E-state index in [0.29, 0.717) is 18.0 Å². The number of carbonyl (C=O) groups is 1. The molecule has 8 heteroatoms. The highest BCUT2D eigenvalue weighted by Gasteiger charge is 2.17. The van der Waals surface area contributed by atoms with Gasteiger partial charge in [0.05, 0.1) is 17.3 Å². The number of sulfonamides is 1. The van der Waals surface area contributed by atoms with Gasteiger partial charge in [0.1, 0.15) is 0 Å². The van der Waals surface area contributed by atoms with Gasteiger partial charge in [0.2, 0.25) is 15.9 Å². The normalized spacial score (nSPS) is 12.8. The third-order valence-electron chi connectivity index (χ3n) is 2.80. The maximum Gasteiger partial charge on any atom is 0.240 e. The molecule has 6 nitrogen and oxygen atoms in total. The largest absolute Gasteiger partial charge is 0.383 e. The van der Waals surface area contributed by atoms with Crippen LogP contribution in [0.4, 0.5) is 5.69 Å². The number of ether oxygens (including phenoxy) is 1. The lowest BCUT2D eigenvalue weighted by molar-refractivity contribution is -0.113. The first kappa shape index (κ1) is 20.0. The first-order chi connectivity index (χ1) is 10.9. The fraction of sp³-hybridized carbons (Fsp3) is 0.533. The van der Waals surface area contributed by atoms with Crippen molar-refractivity contribution in [2.45, 2.75) is 31.2 Å². The number of nitrogens with one attached hydrogen (secondary N) is 2. The quantitative estimate of drug-likeness (QED) is 0.624. The molecule has 0 saturated heterocycles. The van der Waals surface area contributed by atoms with Gasteiger partial charge in [0.25, 0.3) is 0 Å². The number of thioether (sulfide) groups is 1. The zero-order valence-corrected chi connectivity index (χ0v) is 15.3. The number of carbonyl (C=O) groups excluding carboxylic acids is 1. The number of hydrogen-bond donors (Lipinski definition) is 2. The summed E-state index contributed by atoms with van der Waals surface area (Å²) in [5, 5.41) is 2.75. The molecule has 1 atom stereocenters. The molecule has 2 N–H and O–H groups in total. The monoisotopic (exact) mass is 360 g/mol. The topological polar surface area (TPSA) is 84.5 Å². The van der Waals surface area contributed by atoms with Crippen molar-refractivity contribution in [3.05, 3.63) is 24.3 Å². The molecule has 0 aliphatic rings. The van der Waals surface area contributed by atoms with E-state index in [1.807, 2.05) is 0 Å². The molecule has 0 aliphatic heterocycles. The van der Waals surface area contributed by atoms with Gasteiger partial charge in [-0.2, -0.15) is 11.8 Å². The maximum atomic E-state index is 12.2. The number of rotatable bonds is 10. The molecule has 0 saturated carbocycles. The number of methoxy groups -OCH3 is 1. The summed E-state index contributed by atoms with van der Waals surface area (Å²) in [5.74, 6) is 1.24. The van der Waals surface area contributed by atoms with Crippen molar-refractivity contribution in [2.75, 3.05) is 30.5 Å². The van der Waals surface area contributed by atoms with E-state index >= 15 is 0 Å². The predicted molar refractivity (Wildman–Crippen MR) is 94.3 cm³/mol. The average Bonchev–Trinajstić information content (AvgIpc) is 2.47. The Kier molecular flexibility index (Phi) is 8.60. The lowest BCUT2D eigenvalue weighted by Crippen LogP contribution is -2.35. The molecule has 1 rings (SSSR count). The molecule has 0 aliphatic carbocycles. The molecule has 130 valence electrons. The van der Waals surface area contributed by atoms with E-state index in [2.05, 4.69) is 17.0 Å². The van der Waals surface area contributed by atoms with Gasteiger partial charge in [-0.1, -0.05) is 6.92 Å². The molecule has 1 amide bonds. The number of hydrogen-bond acceptors (Lipinski definition) is 5. The zero-order valence-electron chi connectivity index (χ0n) is 13.7. The number of anilines is 1. The summed E-state index contributed by atoms with van der Waals surface area (Å²) in [6.45, 7) is 4.08. The fourth-order valence-electron chi connectivity index (χ4n) is 1.84. The van der Waals surface area contributed by atoms with Gasteiger partial charge in [-0.25, -0.2) is 13.1 Å². The third kappa shape index (κ3) is 7.34. The Morgan fingerprint density at radius 2 is 1.96 bits per heavy atom. The molecule has 23 heavy (non-hydrogen) atoms. The molecule has 1 unspecified atom stereocenters. The van der Waals surface area contributed by atoms with E-state index < -0.39 is 10.0 Å². The molecule has 0 aromatic heterocycles. The van der Waals surface area contributed by atoms with Crippen LogP contribution < -0.4 is 10.0 Å². The maximum absolute atomic E-state index is 12.2. The summed E-state index contributed by atoms with van der Waals surface area (Å²) in [7, 11) is -2.08. The van der Waals surface area contributed by atoms with E-state index in [0.717, 1.165) is 12.2 Å². The van der Waals surface area contributed by atoms with E-state index in [9.17, 15) is 13.2 Å². The lowest BCUT2D eigenvalue weighted by Gasteiger charge is -2.13. The molecule has 0 spiro atoms. The van der Waals surface area contributed by atoms with Crippen molar-refractivity contribution in [2.24, 2.45) is 0 Å². The van der Waals surface area contributed by atoms with Crippen LogP contribution in [0.15, 0.2) is 29.2 Å². The van der Waals surface area contributed by atoms with Gasteiger partial charge >= 0.3 is 0 Å². The highest BCUT2D eigenvalue weighted by molar-refractivity contribution is 7.99. The second-order valence-electron chi connectivity index (χ2n) is 5.10. The second-order valence-corrected chi connectivity index (χ2v) is 7.92. The SMILES string of the molecule is CCCSCC(=O)Nc1ccc(S(=O)(=O)NC(C)COC)cc1. The first-order valence-electron chi connectivity index (χ1n) is 7.38. The van der Waals surface area contributed by atoms with Crippen molar-refractivity contribution >= 4 is 33.4 Å². The first-order valence-corrected chi connectivity index (χ1v) is 10.0. The molecule has 0 fully saturated rings. The predicted octanol–water partition coefficient (Wildman–Crippen LogP) is 2.08. The summed E-state index contributed by atoms with van der Waals surface area (Å²) < 4.78 is 31.8. The van der Waals surface area contributed by atoms with Gasteiger partial charge in [-0.05, 0) is 43.4 Å².